The van der Waals surface area contributed by atoms with E-state index in [-0.39, 0.29) is 5.75 Å². The zero-order valence-corrected chi connectivity index (χ0v) is 9.46. The fraction of sp³-hybridized carbons (Fsp3) is 0.273. The summed E-state index contributed by atoms with van der Waals surface area (Å²) in [6.45, 7) is 0. The number of ether oxygens (including phenoxy) is 2. The van der Waals surface area contributed by atoms with Crippen LogP contribution in [-0.2, 0) is 10.9 Å². The lowest BCUT2D eigenvalue weighted by atomic mass is 10.0. The average Bonchev–Trinajstić information content (AvgIpc) is 2.34. The number of benzene rings is 1. The summed E-state index contributed by atoms with van der Waals surface area (Å²) < 4.78 is 47.1. The van der Waals surface area contributed by atoms with Gasteiger partial charge in [0.05, 0.1) is 25.3 Å². The Kier molecular flexibility index (Phi) is 3.81. The van der Waals surface area contributed by atoms with E-state index in [0.29, 0.717) is 6.07 Å². The fourth-order valence-electron chi connectivity index (χ4n) is 1.41. The van der Waals surface area contributed by atoms with Crippen molar-refractivity contribution in [2.75, 3.05) is 14.2 Å². The molecule has 0 N–H and O–H groups in total. The second-order valence-electron chi connectivity index (χ2n) is 3.17. The van der Waals surface area contributed by atoms with Gasteiger partial charge in [0.1, 0.15) is 17.4 Å². The zero-order chi connectivity index (χ0) is 13.9. The van der Waals surface area contributed by atoms with Gasteiger partial charge in [-0.3, -0.25) is 0 Å². The van der Waals surface area contributed by atoms with Crippen LogP contribution >= 0.6 is 0 Å². The summed E-state index contributed by atoms with van der Waals surface area (Å²) in [5, 5.41) is 8.81. The van der Waals surface area contributed by atoms with Gasteiger partial charge in [0.2, 0.25) is 0 Å². The fourth-order valence-corrected chi connectivity index (χ4v) is 1.41. The Bertz CT molecular complexity index is 517. The number of alkyl halides is 3. The van der Waals surface area contributed by atoms with Crippen LogP contribution in [0.15, 0.2) is 12.1 Å². The highest BCUT2D eigenvalue weighted by Gasteiger charge is 2.37. The maximum atomic E-state index is 12.7. The number of halogens is 3. The van der Waals surface area contributed by atoms with Crippen molar-refractivity contribution in [1.82, 2.24) is 0 Å². The molecule has 0 aromatic heterocycles. The van der Waals surface area contributed by atoms with Gasteiger partial charge < -0.3 is 9.47 Å². The molecule has 0 atom stereocenters. The number of hydrogen-bond donors (Lipinski definition) is 0. The summed E-state index contributed by atoms with van der Waals surface area (Å²) in [6, 6.07) is 3.01. The summed E-state index contributed by atoms with van der Waals surface area (Å²) in [6.07, 6.45) is -4.74. The first-order valence-electron chi connectivity index (χ1n) is 4.63. The largest absolute Gasteiger partial charge is 0.496 e. The number of carbonyl (C=O) groups is 1. The first-order valence-corrected chi connectivity index (χ1v) is 4.63. The molecule has 0 amide bonds. The smallest absolute Gasteiger partial charge is 0.417 e. The van der Waals surface area contributed by atoms with Gasteiger partial charge in [-0.2, -0.15) is 18.4 Å². The minimum atomic E-state index is -4.74. The highest BCUT2D eigenvalue weighted by molar-refractivity contribution is 5.95. The predicted molar refractivity (Wildman–Crippen MR) is 54.1 cm³/mol. The first kappa shape index (κ1) is 13.8. The number of nitrogens with zero attached hydrogens (tertiary/aromatic N) is 1. The second-order valence-corrected chi connectivity index (χ2v) is 3.17. The predicted octanol–water partition coefficient (Wildman–Crippen LogP) is 2.37. The van der Waals surface area contributed by atoms with Crippen molar-refractivity contribution < 1.29 is 27.4 Å². The lowest BCUT2D eigenvalue weighted by Crippen LogP contribution is -2.14. The van der Waals surface area contributed by atoms with Crippen LogP contribution in [0.4, 0.5) is 13.2 Å². The van der Waals surface area contributed by atoms with Gasteiger partial charge in [-0.05, 0) is 12.1 Å². The van der Waals surface area contributed by atoms with Gasteiger partial charge in [0.15, 0.2) is 0 Å². The van der Waals surface area contributed by atoms with Crippen LogP contribution < -0.4 is 4.74 Å². The second kappa shape index (κ2) is 4.96. The van der Waals surface area contributed by atoms with Crippen molar-refractivity contribution in [1.29, 1.82) is 5.26 Å². The van der Waals surface area contributed by atoms with Crippen molar-refractivity contribution in [2.45, 2.75) is 6.18 Å². The van der Waals surface area contributed by atoms with Crippen LogP contribution in [0.2, 0.25) is 0 Å². The molecule has 0 aliphatic rings. The van der Waals surface area contributed by atoms with Gasteiger partial charge in [-0.15, -0.1) is 0 Å². The summed E-state index contributed by atoms with van der Waals surface area (Å²) in [5.74, 6) is -1.21. The summed E-state index contributed by atoms with van der Waals surface area (Å²) in [7, 11) is 2.18. The molecular weight excluding hydrogens is 251 g/mol. The number of nitriles is 1. The Balaban J connectivity index is 3.64. The highest BCUT2D eigenvalue weighted by Crippen LogP contribution is 2.36. The molecular formula is C11H8F3NO3. The topological polar surface area (TPSA) is 59.3 Å². The highest BCUT2D eigenvalue weighted by atomic mass is 19.4. The van der Waals surface area contributed by atoms with E-state index in [0.717, 1.165) is 13.2 Å². The summed E-state index contributed by atoms with van der Waals surface area (Å²) in [5.41, 5.74) is -2.54. The van der Waals surface area contributed by atoms with Gasteiger partial charge >= 0.3 is 12.1 Å². The summed E-state index contributed by atoms with van der Waals surface area (Å²) in [4.78, 5) is 11.4. The standard InChI is InChI=1S/C11H8F3NO3/c1-17-8-4-3-7(11(12,13)14)6(5-15)9(8)10(16)18-2/h3-4H,1-2H3. The summed E-state index contributed by atoms with van der Waals surface area (Å²) >= 11 is 0. The quantitative estimate of drug-likeness (QED) is 0.765. The number of rotatable bonds is 2. The molecule has 96 valence electrons. The van der Waals surface area contributed by atoms with E-state index in [1.54, 1.807) is 0 Å². The van der Waals surface area contributed by atoms with E-state index in [2.05, 4.69) is 4.74 Å². The van der Waals surface area contributed by atoms with Crippen molar-refractivity contribution in [3.05, 3.63) is 28.8 Å². The maximum absolute atomic E-state index is 12.7. The van der Waals surface area contributed by atoms with E-state index in [4.69, 9.17) is 10.00 Å². The molecule has 4 nitrogen and oxygen atoms in total. The molecule has 0 saturated heterocycles. The van der Waals surface area contributed by atoms with Crippen LogP contribution in [0, 0.1) is 11.3 Å². The number of carbonyl (C=O) groups excluding carboxylic acids is 1. The van der Waals surface area contributed by atoms with Crippen molar-refractivity contribution in [3.63, 3.8) is 0 Å². The van der Waals surface area contributed by atoms with Gasteiger partial charge in [-0.25, -0.2) is 4.79 Å². The molecule has 0 bridgehead atoms. The average molecular weight is 259 g/mol. The molecule has 0 unspecified atom stereocenters. The molecule has 0 fully saturated rings. The molecule has 7 heteroatoms. The first-order chi connectivity index (χ1) is 8.36. The van der Waals surface area contributed by atoms with E-state index < -0.39 is 28.8 Å². The van der Waals surface area contributed by atoms with E-state index >= 15 is 0 Å². The van der Waals surface area contributed by atoms with Crippen LogP contribution in [0.5, 0.6) is 5.75 Å². The van der Waals surface area contributed by atoms with Crippen molar-refractivity contribution >= 4 is 5.97 Å². The van der Waals surface area contributed by atoms with E-state index in [1.165, 1.54) is 13.2 Å². The maximum Gasteiger partial charge on any atom is 0.417 e. The molecule has 1 rings (SSSR count). The Hall–Kier alpha value is -2.23. The van der Waals surface area contributed by atoms with Crippen LogP contribution in [-0.4, -0.2) is 20.2 Å². The molecule has 0 spiro atoms. The van der Waals surface area contributed by atoms with Gasteiger partial charge in [0, 0.05) is 0 Å². The third-order valence-corrected chi connectivity index (χ3v) is 2.19. The molecule has 1 aromatic rings. The lowest BCUT2D eigenvalue weighted by Gasteiger charge is -2.14. The third kappa shape index (κ3) is 2.37. The Labute approximate surface area is 101 Å². The van der Waals surface area contributed by atoms with E-state index in [9.17, 15) is 18.0 Å². The van der Waals surface area contributed by atoms with E-state index in [1.807, 2.05) is 0 Å². The zero-order valence-electron chi connectivity index (χ0n) is 9.46. The molecule has 0 radical (unpaired) electrons. The van der Waals surface area contributed by atoms with Crippen molar-refractivity contribution in [3.8, 4) is 11.8 Å². The molecule has 18 heavy (non-hydrogen) atoms. The minimum Gasteiger partial charge on any atom is -0.496 e. The normalized spacial score (nSPS) is 10.7. The van der Waals surface area contributed by atoms with Crippen molar-refractivity contribution in [2.24, 2.45) is 0 Å². The number of hydrogen-bond acceptors (Lipinski definition) is 4. The molecule has 1 aromatic carbocycles. The Morgan fingerprint density at radius 2 is 1.94 bits per heavy atom. The minimum absolute atomic E-state index is 0.147. The number of esters is 1. The molecule has 0 saturated carbocycles. The number of methoxy groups -OCH3 is 2. The van der Waals surface area contributed by atoms with Crippen LogP contribution in [0.1, 0.15) is 21.5 Å². The van der Waals surface area contributed by atoms with Crippen LogP contribution in [0.25, 0.3) is 0 Å². The Morgan fingerprint density at radius 1 is 1.33 bits per heavy atom. The molecule has 0 aliphatic carbocycles. The van der Waals surface area contributed by atoms with Crippen LogP contribution in [0.3, 0.4) is 0 Å². The Morgan fingerprint density at radius 3 is 2.33 bits per heavy atom. The van der Waals surface area contributed by atoms with Gasteiger partial charge in [-0.1, -0.05) is 0 Å². The molecule has 0 aliphatic heterocycles. The lowest BCUT2D eigenvalue weighted by molar-refractivity contribution is -0.137. The monoisotopic (exact) mass is 259 g/mol. The molecule has 0 heterocycles. The SMILES string of the molecule is COC(=O)c1c(OC)ccc(C(F)(F)F)c1C#N. The third-order valence-electron chi connectivity index (χ3n) is 2.19. The van der Waals surface area contributed by atoms with Gasteiger partial charge in [0.25, 0.3) is 0 Å².